The Balaban J connectivity index is 2.13. The molecule has 1 fully saturated rings. The third-order valence-corrected chi connectivity index (χ3v) is 3.66. The molecule has 2 atom stereocenters. The molecule has 0 bridgehead atoms. The summed E-state index contributed by atoms with van der Waals surface area (Å²) in [7, 11) is 0. The topological polar surface area (TPSA) is 64.9 Å². The molecule has 1 aromatic rings. The quantitative estimate of drug-likeness (QED) is 0.850. The molecule has 1 aliphatic carbocycles. The molecule has 4 nitrogen and oxygen atoms in total. The second-order valence-electron chi connectivity index (χ2n) is 5.82. The first-order chi connectivity index (χ1) is 7.45. The molecule has 1 aliphatic rings. The minimum absolute atomic E-state index is 0.183. The number of rotatable bonds is 4. The largest absolute Gasteiger partial charge is 0.339 e. The van der Waals surface area contributed by atoms with Crippen LogP contribution in [0.1, 0.15) is 57.7 Å². The van der Waals surface area contributed by atoms with E-state index in [2.05, 4.69) is 37.8 Å². The van der Waals surface area contributed by atoms with Crippen molar-refractivity contribution >= 4 is 0 Å². The highest BCUT2D eigenvalue weighted by atomic mass is 16.5. The van der Waals surface area contributed by atoms with Crippen molar-refractivity contribution in [2.24, 2.45) is 17.1 Å². The van der Waals surface area contributed by atoms with Gasteiger partial charge in [0.2, 0.25) is 5.89 Å². The Morgan fingerprint density at radius 3 is 2.56 bits per heavy atom. The molecule has 2 rings (SSSR count). The highest BCUT2D eigenvalue weighted by molar-refractivity contribution is 5.15. The summed E-state index contributed by atoms with van der Waals surface area (Å²) in [6.45, 7) is 9.28. The van der Waals surface area contributed by atoms with Gasteiger partial charge in [-0.15, -0.1) is 0 Å². The molecule has 1 heterocycles. The van der Waals surface area contributed by atoms with Gasteiger partial charge in [0.1, 0.15) is 0 Å². The molecule has 0 aliphatic heterocycles. The Morgan fingerprint density at radius 1 is 1.50 bits per heavy atom. The fourth-order valence-electron chi connectivity index (χ4n) is 2.11. The van der Waals surface area contributed by atoms with Crippen molar-refractivity contribution in [1.82, 2.24) is 10.1 Å². The molecule has 1 saturated carbocycles. The Kier molecular flexibility index (Phi) is 2.78. The maximum absolute atomic E-state index is 5.73. The molecule has 4 heteroatoms. The average molecular weight is 223 g/mol. The van der Waals surface area contributed by atoms with Crippen LogP contribution in [0.15, 0.2) is 4.52 Å². The van der Waals surface area contributed by atoms with Crippen LogP contribution in [0.5, 0.6) is 0 Å². The predicted molar refractivity (Wildman–Crippen MR) is 62.1 cm³/mol. The molecule has 0 saturated heterocycles. The SMILES string of the molecule is CC(C)C(CN)c1nc(C2CC2(C)C)no1. The average Bonchev–Trinajstić information content (AvgIpc) is 2.62. The van der Waals surface area contributed by atoms with Crippen LogP contribution < -0.4 is 5.73 Å². The van der Waals surface area contributed by atoms with Crippen molar-refractivity contribution < 1.29 is 4.52 Å². The van der Waals surface area contributed by atoms with Gasteiger partial charge in [-0.2, -0.15) is 4.98 Å². The predicted octanol–water partition coefficient (Wildman–Crippen LogP) is 2.28. The smallest absolute Gasteiger partial charge is 0.231 e. The van der Waals surface area contributed by atoms with Gasteiger partial charge >= 0.3 is 0 Å². The Morgan fingerprint density at radius 2 is 2.12 bits per heavy atom. The Labute approximate surface area is 96.6 Å². The number of nitrogens with zero attached hydrogens (tertiary/aromatic N) is 2. The zero-order chi connectivity index (χ0) is 11.9. The van der Waals surface area contributed by atoms with Gasteiger partial charge in [-0.1, -0.05) is 32.9 Å². The molecule has 0 spiro atoms. The Bertz CT molecular complexity index is 370. The molecular weight excluding hydrogens is 202 g/mol. The van der Waals surface area contributed by atoms with Crippen molar-refractivity contribution in [3.63, 3.8) is 0 Å². The van der Waals surface area contributed by atoms with Gasteiger partial charge in [-0.05, 0) is 17.8 Å². The monoisotopic (exact) mass is 223 g/mol. The van der Waals surface area contributed by atoms with Gasteiger partial charge in [0.15, 0.2) is 5.82 Å². The van der Waals surface area contributed by atoms with E-state index in [9.17, 15) is 0 Å². The molecule has 2 N–H and O–H groups in total. The van der Waals surface area contributed by atoms with E-state index in [0.717, 1.165) is 12.2 Å². The fraction of sp³-hybridized carbons (Fsp3) is 0.833. The normalized spacial score (nSPS) is 24.8. The van der Waals surface area contributed by atoms with Crippen molar-refractivity contribution in [1.29, 1.82) is 0 Å². The van der Waals surface area contributed by atoms with Crippen LogP contribution in [0.3, 0.4) is 0 Å². The highest BCUT2D eigenvalue weighted by Gasteiger charge is 2.49. The molecule has 16 heavy (non-hydrogen) atoms. The van der Waals surface area contributed by atoms with Crippen molar-refractivity contribution in [3.05, 3.63) is 11.7 Å². The zero-order valence-electron chi connectivity index (χ0n) is 10.5. The summed E-state index contributed by atoms with van der Waals surface area (Å²) >= 11 is 0. The number of hydrogen-bond donors (Lipinski definition) is 1. The van der Waals surface area contributed by atoms with Gasteiger partial charge in [-0.25, -0.2) is 0 Å². The standard InChI is InChI=1S/C12H21N3O/c1-7(2)8(6-13)11-14-10(15-16-11)9-5-12(9,3)4/h7-9H,5-6,13H2,1-4H3. The van der Waals surface area contributed by atoms with E-state index in [0.29, 0.717) is 29.7 Å². The van der Waals surface area contributed by atoms with Crippen LogP contribution in [-0.4, -0.2) is 16.7 Å². The van der Waals surface area contributed by atoms with E-state index in [1.807, 2.05) is 0 Å². The van der Waals surface area contributed by atoms with Crippen LogP contribution in [0.25, 0.3) is 0 Å². The van der Waals surface area contributed by atoms with Gasteiger partial charge in [0.05, 0.1) is 5.92 Å². The summed E-state index contributed by atoms with van der Waals surface area (Å²) in [4.78, 5) is 4.50. The van der Waals surface area contributed by atoms with Crippen LogP contribution in [0.4, 0.5) is 0 Å². The zero-order valence-corrected chi connectivity index (χ0v) is 10.5. The molecule has 1 aromatic heterocycles. The van der Waals surface area contributed by atoms with E-state index < -0.39 is 0 Å². The van der Waals surface area contributed by atoms with Gasteiger partial charge in [0, 0.05) is 12.5 Å². The first-order valence-electron chi connectivity index (χ1n) is 5.99. The first kappa shape index (κ1) is 11.6. The maximum atomic E-state index is 5.73. The maximum Gasteiger partial charge on any atom is 0.231 e. The van der Waals surface area contributed by atoms with Gasteiger partial charge in [-0.3, -0.25) is 0 Å². The number of aromatic nitrogens is 2. The lowest BCUT2D eigenvalue weighted by molar-refractivity contribution is 0.321. The lowest BCUT2D eigenvalue weighted by atomic mass is 9.96. The summed E-state index contributed by atoms with van der Waals surface area (Å²) in [5, 5.41) is 4.08. The number of nitrogens with two attached hydrogens (primary N) is 1. The highest BCUT2D eigenvalue weighted by Crippen LogP contribution is 2.57. The summed E-state index contributed by atoms with van der Waals surface area (Å²) < 4.78 is 5.33. The van der Waals surface area contributed by atoms with E-state index in [1.54, 1.807) is 0 Å². The Hall–Kier alpha value is -0.900. The summed E-state index contributed by atoms with van der Waals surface area (Å²) in [5.74, 6) is 2.65. The first-order valence-corrected chi connectivity index (χ1v) is 5.99. The minimum atomic E-state index is 0.183. The van der Waals surface area contributed by atoms with E-state index in [-0.39, 0.29) is 5.92 Å². The third kappa shape index (κ3) is 1.98. The summed E-state index contributed by atoms with van der Waals surface area (Å²) in [5.41, 5.74) is 6.08. The lowest BCUT2D eigenvalue weighted by Crippen LogP contribution is -2.18. The van der Waals surface area contributed by atoms with Crippen LogP contribution >= 0.6 is 0 Å². The molecule has 2 unspecified atom stereocenters. The van der Waals surface area contributed by atoms with E-state index in [4.69, 9.17) is 10.3 Å². The second-order valence-corrected chi connectivity index (χ2v) is 5.82. The molecule has 0 aromatic carbocycles. The summed E-state index contributed by atoms with van der Waals surface area (Å²) in [6, 6.07) is 0. The van der Waals surface area contributed by atoms with E-state index >= 15 is 0 Å². The van der Waals surface area contributed by atoms with Crippen molar-refractivity contribution in [2.75, 3.05) is 6.54 Å². The van der Waals surface area contributed by atoms with Crippen LogP contribution in [0, 0.1) is 11.3 Å². The second kappa shape index (κ2) is 3.84. The fourth-order valence-corrected chi connectivity index (χ4v) is 2.11. The summed E-state index contributed by atoms with van der Waals surface area (Å²) in [6.07, 6.45) is 1.15. The van der Waals surface area contributed by atoms with Crippen LogP contribution in [-0.2, 0) is 0 Å². The minimum Gasteiger partial charge on any atom is -0.339 e. The van der Waals surface area contributed by atoms with E-state index in [1.165, 1.54) is 0 Å². The molecule has 0 radical (unpaired) electrons. The molecule has 0 amide bonds. The van der Waals surface area contributed by atoms with Gasteiger partial charge in [0.25, 0.3) is 0 Å². The third-order valence-electron chi connectivity index (χ3n) is 3.66. The molecule has 90 valence electrons. The molecular formula is C12H21N3O. The number of hydrogen-bond acceptors (Lipinski definition) is 4. The van der Waals surface area contributed by atoms with Crippen LogP contribution in [0.2, 0.25) is 0 Å². The van der Waals surface area contributed by atoms with Gasteiger partial charge < -0.3 is 10.3 Å². The van der Waals surface area contributed by atoms with Crippen molar-refractivity contribution in [3.8, 4) is 0 Å². The lowest BCUT2D eigenvalue weighted by Gasteiger charge is -2.13. The van der Waals surface area contributed by atoms with Crippen molar-refractivity contribution in [2.45, 2.75) is 46.0 Å².